The van der Waals surface area contributed by atoms with Gasteiger partial charge in [0, 0.05) is 30.7 Å². The molecule has 0 aromatic carbocycles. The molecule has 4 atom stereocenters. The summed E-state index contributed by atoms with van der Waals surface area (Å²) in [6.45, 7) is 1.79. The van der Waals surface area contributed by atoms with Crippen molar-refractivity contribution in [3.63, 3.8) is 0 Å². The third-order valence-electron chi connectivity index (χ3n) is 5.76. The van der Waals surface area contributed by atoms with Crippen LogP contribution in [0.5, 0.6) is 0 Å². The molecule has 2 aromatic heterocycles. The van der Waals surface area contributed by atoms with Gasteiger partial charge >= 0.3 is 0 Å². The van der Waals surface area contributed by atoms with Gasteiger partial charge in [-0.25, -0.2) is 10.4 Å². The highest BCUT2D eigenvalue weighted by molar-refractivity contribution is 5.93. The smallest absolute Gasteiger partial charge is 0.270 e. The average Bonchev–Trinajstić information content (AvgIpc) is 3.16. The molecule has 1 saturated heterocycles. The van der Waals surface area contributed by atoms with E-state index in [0.29, 0.717) is 28.4 Å². The van der Waals surface area contributed by atoms with E-state index in [1.165, 1.54) is 6.20 Å². The quantitative estimate of drug-likeness (QED) is 0.731. The van der Waals surface area contributed by atoms with Crippen LogP contribution >= 0.6 is 0 Å². The number of carbonyl (C=O) groups is 1. The zero-order valence-electron chi connectivity index (χ0n) is 16.0. The first-order valence-corrected chi connectivity index (χ1v) is 9.62. The Balaban J connectivity index is 1.47. The second-order valence-corrected chi connectivity index (χ2v) is 7.64. The van der Waals surface area contributed by atoms with Crippen LogP contribution < -0.4 is 16.2 Å². The van der Waals surface area contributed by atoms with Gasteiger partial charge in [0.05, 0.1) is 17.2 Å². The molecule has 3 N–H and O–H groups in total. The van der Waals surface area contributed by atoms with Gasteiger partial charge in [0.1, 0.15) is 17.8 Å². The lowest BCUT2D eigenvalue weighted by molar-refractivity contribution is 0.0909. The lowest BCUT2D eigenvalue weighted by atomic mass is 9.77. The van der Waals surface area contributed by atoms with E-state index < -0.39 is 0 Å². The number of rotatable bonds is 3. The normalized spacial score (nSPS) is 25.5. The highest BCUT2D eigenvalue weighted by Gasteiger charge is 2.41. The third-order valence-corrected chi connectivity index (χ3v) is 5.76. The van der Waals surface area contributed by atoms with E-state index >= 15 is 0 Å². The van der Waals surface area contributed by atoms with Crippen LogP contribution in [0.15, 0.2) is 30.7 Å². The Morgan fingerprint density at radius 2 is 1.93 bits per heavy atom. The van der Waals surface area contributed by atoms with Gasteiger partial charge < -0.3 is 5.32 Å². The Bertz CT molecular complexity index is 1020. The van der Waals surface area contributed by atoms with Gasteiger partial charge in [-0.1, -0.05) is 0 Å². The zero-order chi connectivity index (χ0) is 20.4. The predicted octanol–water partition coefficient (Wildman–Crippen LogP) is 1.64. The maximum Gasteiger partial charge on any atom is 0.270 e. The van der Waals surface area contributed by atoms with Crippen LogP contribution in [0.1, 0.15) is 58.0 Å². The molecule has 8 heteroatoms. The van der Waals surface area contributed by atoms with Gasteiger partial charge in [-0.3, -0.25) is 15.2 Å². The molecule has 2 fully saturated rings. The van der Waals surface area contributed by atoms with Crippen molar-refractivity contribution in [2.24, 2.45) is 5.92 Å². The van der Waals surface area contributed by atoms with E-state index in [-0.39, 0.29) is 23.9 Å². The molecule has 4 rings (SSSR count). The molecule has 29 heavy (non-hydrogen) atoms. The number of carbonyl (C=O) groups excluding carboxylic acids is 1. The lowest BCUT2D eigenvalue weighted by Crippen LogP contribution is -2.44. The Morgan fingerprint density at radius 3 is 2.69 bits per heavy atom. The van der Waals surface area contributed by atoms with E-state index in [1.54, 1.807) is 25.4 Å². The molecular formula is C21H21N7O. The number of nitriles is 2. The van der Waals surface area contributed by atoms with E-state index in [0.717, 1.165) is 24.8 Å². The molecule has 3 heterocycles. The Kier molecular flexibility index (Phi) is 5.22. The van der Waals surface area contributed by atoms with Crippen molar-refractivity contribution in [1.29, 1.82) is 10.5 Å². The summed E-state index contributed by atoms with van der Waals surface area (Å²) in [5.74, 6) is 0.0684. The van der Waals surface area contributed by atoms with Crippen molar-refractivity contribution < 1.29 is 4.79 Å². The van der Waals surface area contributed by atoms with Crippen molar-refractivity contribution in [2.45, 2.75) is 44.3 Å². The van der Waals surface area contributed by atoms with E-state index in [2.05, 4.69) is 32.2 Å². The summed E-state index contributed by atoms with van der Waals surface area (Å²) >= 11 is 0. The molecule has 4 unspecified atom stereocenters. The van der Waals surface area contributed by atoms with E-state index in [1.807, 2.05) is 12.1 Å². The highest BCUT2D eigenvalue weighted by atomic mass is 16.1. The first-order chi connectivity index (χ1) is 14.1. The van der Waals surface area contributed by atoms with Crippen LogP contribution in [0.3, 0.4) is 0 Å². The molecule has 1 amide bonds. The molecule has 8 nitrogen and oxygen atoms in total. The lowest BCUT2D eigenvalue weighted by Gasteiger charge is -2.33. The van der Waals surface area contributed by atoms with Crippen LogP contribution in [0.2, 0.25) is 0 Å². The minimum Gasteiger partial charge on any atom is -0.348 e. The fraction of sp³-hybridized carbons (Fsp3) is 0.381. The van der Waals surface area contributed by atoms with Crippen molar-refractivity contribution in [2.75, 3.05) is 0 Å². The van der Waals surface area contributed by atoms with Crippen LogP contribution in [0, 0.1) is 35.5 Å². The number of aromatic nitrogens is 2. The highest BCUT2D eigenvalue weighted by Crippen LogP contribution is 2.38. The minimum atomic E-state index is -0.209. The molecular weight excluding hydrogens is 366 g/mol. The number of pyridine rings is 2. The van der Waals surface area contributed by atoms with E-state index in [4.69, 9.17) is 10.5 Å². The van der Waals surface area contributed by atoms with Gasteiger partial charge in [0.25, 0.3) is 5.91 Å². The maximum absolute atomic E-state index is 12.7. The molecule has 0 radical (unpaired) electrons. The SMILES string of the molecule is Cc1cc(C#N)cnc1C(=O)NC1CCC2NNC(c3cncc(C#N)c3)C2C1. The first-order valence-electron chi connectivity index (χ1n) is 9.62. The average molecular weight is 387 g/mol. The molecule has 2 aromatic rings. The Labute approximate surface area is 168 Å². The zero-order valence-corrected chi connectivity index (χ0v) is 16.0. The summed E-state index contributed by atoms with van der Waals surface area (Å²) in [6.07, 6.45) is 7.39. The van der Waals surface area contributed by atoms with Crippen molar-refractivity contribution in [3.05, 3.63) is 58.7 Å². The number of hydrogen-bond acceptors (Lipinski definition) is 7. The second kappa shape index (κ2) is 7.96. The molecule has 0 spiro atoms. The summed E-state index contributed by atoms with van der Waals surface area (Å²) in [4.78, 5) is 21.1. The van der Waals surface area contributed by atoms with Crippen LogP contribution in [-0.4, -0.2) is 28.0 Å². The van der Waals surface area contributed by atoms with Gasteiger partial charge in [-0.05, 0) is 55.4 Å². The number of hydrazine groups is 1. The van der Waals surface area contributed by atoms with Crippen molar-refractivity contribution >= 4 is 5.91 Å². The minimum absolute atomic E-state index is 0.0373. The number of hydrogen-bond donors (Lipinski definition) is 3. The van der Waals surface area contributed by atoms with Gasteiger partial charge in [0.15, 0.2) is 0 Å². The standard InChI is InChI=1S/C21H21N7O/c1-12-4-13(7-22)10-25-19(12)21(29)26-16-2-3-18-17(6-16)20(28-27-18)15-5-14(8-23)9-24-11-15/h4-5,9-11,16-18,20,27-28H,2-3,6H2,1H3,(H,26,29). The van der Waals surface area contributed by atoms with Crippen molar-refractivity contribution in [3.8, 4) is 12.1 Å². The summed E-state index contributed by atoms with van der Waals surface area (Å²) in [6, 6.07) is 8.10. The summed E-state index contributed by atoms with van der Waals surface area (Å²) in [7, 11) is 0. The summed E-state index contributed by atoms with van der Waals surface area (Å²) in [5.41, 5.74) is 9.70. The second-order valence-electron chi connectivity index (χ2n) is 7.64. The third kappa shape index (κ3) is 3.81. The maximum atomic E-state index is 12.7. The molecule has 1 aliphatic carbocycles. The monoisotopic (exact) mass is 387 g/mol. The van der Waals surface area contributed by atoms with Gasteiger partial charge in [0.2, 0.25) is 0 Å². The molecule has 146 valence electrons. The van der Waals surface area contributed by atoms with Crippen molar-refractivity contribution in [1.82, 2.24) is 26.1 Å². The molecule has 2 aliphatic rings. The van der Waals surface area contributed by atoms with Gasteiger partial charge in [-0.2, -0.15) is 10.5 Å². The summed E-state index contributed by atoms with van der Waals surface area (Å²) < 4.78 is 0. The number of fused-ring (bicyclic) bond motifs is 1. The number of aryl methyl sites for hydroxylation is 1. The Morgan fingerprint density at radius 1 is 1.14 bits per heavy atom. The van der Waals surface area contributed by atoms with Crippen LogP contribution in [0.25, 0.3) is 0 Å². The fourth-order valence-electron chi connectivity index (χ4n) is 4.33. The Hall–Kier alpha value is -3.33. The van der Waals surface area contributed by atoms with Gasteiger partial charge in [-0.15, -0.1) is 0 Å². The predicted molar refractivity (Wildman–Crippen MR) is 104 cm³/mol. The van der Waals surface area contributed by atoms with Crippen LogP contribution in [-0.2, 0) is 0 Å². The fourth-order valence-corrected chi connectivity index (χ4v) is 4.33. The van der Waals surface area contributed by atoms with E-state index in [9.17, 15) is 4.79 Å². The topological polar surface area (TPSA) is 127 Å². The molecule has 0 bridgehead atoms. The first kappa shape index (κ1) is 19.0. The number of nitrogens with zero attached hydrogens (tertiary/aromatic N) is 4. The number of amides is 1. The molecule has 1 saturated carbocycles. The summed E-state index contributed by atoms with van der Waals surface area (Å²) in [5, 5.41) is 21.2. The number of nitrogens with one attached hydrogen (secondary N) is 3. The van der Waals surface area contributed by atoms with Crippen LogP contribution in [0.4, 0.5) is 0 Å². The molecule has 1 aliphatic heterocycles. The largest absolute Gasteiger partial charge is 0.348 e.